The molecule has 0 saturated heterocycles. The van der Waals surface area contributed by atoms with Crippen molar-refractivity contribution in [2.75, 3.05) is 6.54 Å². The molecule has 0 radical (unpaired) electrons. The van der Waals surface area contributed by atoms with Gasteiger partial charge >= 0.3 is 5.97 Å². The first kappa shape index (κ1) is 14.8. The van der Waals surface area contributed by atoms with Gasteiger partial charge < -0.3 is 10.4 Å². The molecule has 2 aromatic rings. The third kappa shape index (κ3) is 3.68. The molecule has 0 spiro atoms. The van der Waals surface area contributed by atoms with E-state index in [9.17, 15) is 4.79 Å². The molecule has 0 fully saturated rings. The molecule has 0 unspecified atom stereocenters. The molecule has 0 saturated carbocycles. The summed E-state index contributed by atoms with van der Waals surface area (Å²) in [7, 11) is 0. The highest BCUT2D eigenvalue weighted by Gasteiger charge is 2.19. The molecule has 3 nitrogen and oxygen atoms in total. The maximum atomic E-state index is 10.8. The number of hydrogen-bond donors (Lipinski definition) is 2. The van der Waals surface area contributed by atoms with Crippen molar-refractivity contribution >= 4 is 17.3 Å². The Morgan fingerprint density at radius 1 is 1.20 bits per heavy atom. The fourth-order valence-electron chi connectivity index (χ4n) is 2.08. The average Bonchev–Trinajstić information content (AvgIpc) is 2.89. The molecule has 0 bridgehead atoms. The molecule has 0 amide bonds. The first-order valence-electron chi connectivity index (χ1n) is 6.57. The summed E-state index contributed by atoms with van der Waals surface area (Å²) in [6.45, 7) is 5.95. The minimum atomic E-state index is -0.856. The molecule has 2 rings (SSSR count). The topological polar surface area (TPSA) is 49.3 Å². The second-order valence-electron chi connectivity index (χ2n) is 5.42. The molecule has 2 N–H and O–H groups in total. The van der Waals surface area contributed by atoms with Gasteiger partial charge in [0.15, 0.2) is 0 Å². The summed E-state index contributed by atoms with van der Waals surface area (Å²) in [6, 6.07) is 13.9. The largest absolute Gasteiger partial charge is 0.477 e. The molecule has 0 atom stereocenters. The molecule has 1 heterocycles. The van der Waals surface area contributed by atoms with Crippen molar-refractivity contribution in [3.63, 3.8) is 0 Å². The Morgan fingerprint density at radius 2 is 1.90 bits per heavy atom. The molecule has 20 heavy (non-hydrogen) atoms. The van der Waals surface area contributed by atoms with Crippen molar-refractivity contribution in [2.24, 2.45) is 0 Å². The zero-order chi connectivity index (χ0) is 14.6. The Hall–Kier alpha value is -1.65. The Bertz CT molecular complexity index is 575. The number of carboxylic acid groups (broad SMARTS) is 1. The van der Waals surface area contributed by atoms with E-state index in [1.54, 1.807) is 6.07 Å². The van der Waals surface area contributed by atoms with E-state index < -0.39 is 5.97 Å². The number of nitrogens with one attached hydrogen (secondary N) is 1. The van der Waals surface area contributed by atoms with Gasteiger partial charge in [-0.15, -0.1) is 11.3 Å². The lowest BCUT2D eigenvalue weighted by atomic mass is 9.84. The van der Waals surface area contributed by atoms with Crippen molar-refractivity contribution in [3.05, 3.63) is 57.8 Å². The second kappa shape index (κ2) is 6.20. The highest BCUT2D eigenvalue weighted by atomic mass is 32.1. The highest BCUT2D eigenvalue weighted by molar-refractivity contribution is 7.13. The van der Waals surface area contributed by atoms with E-state index in [2.05, 4.69) is 43.4 Å². The minimum Gasteiger partial charge on any atom is -0.477 e. The van der Waals surface area contributed by atoms with Gasteiger partial charge in [0.2, 0.25) is 0 Å². The van der Waals surface area contributed by atoms with Crippen molar-refractivity contribution in [2.45, 2.75) is 25.8 Å². The van der Waals surface area contributed by atoms with Crippen LogP contribution < -0.4 is 5.32 Å². The second-order valence-corrected chi connectivity index (χ2v) is 6.59. The SMILES string of the molecule is CC(C)(CNCc1ccc(C(=O)O)s1)c1ccccc1. The average molecular weight is 289 g/mol. The van der Waals surface area contributed by atoms with Crippen molar-refractivity contribution in [1.82, 2.24) is 5.32 Å². The standard InChI is InChI=1S/C16H19NO2S/c1-16(2,12-6-4-3-5-7-12)11-17-10-13-8-9-14(20-13)15(18)19/h3-9,17H,10-11H2,1-2H3,(H,18,19). The van der Waals surface area contributed by atoms with Gasteiger partial charge in [0.25, 0.3) is 0 Å². The van der Waals surface area contributed by atoms with Gasteiger partial charge in [0.1, 0.15) is 4.88 Å². The van der Waals surface area contributed by atoms with Crippen LogP contribution in [-0.2, 0) is 12.0 Å². The highest BCUT2D eigenvalue weighted by Crippen LogP contribution is 2.22. The summed E-state index contributed by atoms with van der Waals surface area (Å²) in [6.07, 6.45) is 0. The van der Waals surface area contributed by atoms with Crippen LogP contribution in [0.2, 0.25) is 0 Å². The predicted octanol–water partition coefficient (Wildman–Crippen LogP) is 3.51. The van der Waals surface area contributed by atoms with E-state index in [4.69, 9.17) is 5.11 Å². The minimum absolute atomic E-state index is 0.0497. The molecule has 0 aliphatic heterocycles. The normalized spacial score (nSPS) is 11.5. The summed E-state index contributed by atoms with van der Waals surface area (Å²) in [5.74, 6) is -0.856. The quantitative estimate of drug-likeness (QED) is 0.855. The molecule has 0 aliphatic rings. The number of carboxylic acids is 1. The van der Waals surface area contributed by atoms with Gasteiger partial charge in [-0.1, -0.05) is 44.2 Å². The maximum absolute atomic E-state index is 10.8. The lowest BCUT2D eigenvalue weighted by molar-refractivity contribution is 0.0702. The van der Waals surface area contributed by atoms with Crippen LogP contribution >= 0.6 is 11.3 Å². The predicted molar refractivity (Wildman–Crippen MR) is 82.5 cm³/mol. The Labute approximate surface area is 123 Å². The summed E-state index contributed by atoms with van der Waals surface area (Å²) in [5, 5.41) is 12.3. The van der Waals surface area contributed by atoms with Crippen LogP contribution in [0.4, 0.5) is 0 Å². The molecule has 1 aromatic carbocycles. The smallest absolute Gasteiger partial charge is 0.345 e. The first-order chi connectivity index (χ1) is 9.49. The summed E-state index contributed by atoms with van der Waals surface area (Å²) >= 11 is 1.33. The molecule has 106 valence electrons. The zero-order valence-electron chi connectivity index (χ0n) is 11.7. The molecular weight excluding hydrogens is 270 g/mol. The van der Waals surface area contributed by atoms with E-state index in [1.165, 1.54) is 16.9 Å². The van der Waals surface area contributed by atoms with Crippen LogP contribution in [0, 0.1) is 0 Å². The molecule has 1 aromatic heterocycles. The third-order valence-electron chi connectivity index (χ3n) is 3.29. The van der Waals surface area contributed by atoms with Gasteiger partial charge in [-0.3, -0.25) is 0 Å². The monoisotopic (exact) mass is 289 g/mol. The van der Waals surface area contributed by atoms with Gasteiger partial charge in [-0.2, -0.15) is 0 Å². The van der Waals surface area contributed by atoms with Crippen LogP contribution in [0.1, 0.15) is 34.0 Å². The van der Waals surface area contributed by atoms with E-state index in [0.717, 1.165) is 11.4 Å². The fraction of sp³-hybridized carbons (Fsp3) is 0.312. The van der Waals surface area contributed by atoms with Gasteiger partial charge in [-0.25, -0.2) is 4.79 Å². The van der Waals surface area contributed by atoms with Gasteiger partial charge in [-0.05, 0) is 17.7 Å². The molecule has 0 aliphatic carbocycles. The van der Waals surface area contributed by atoms with E-state index in [-0.39, 0.29) is 5.41 Å². The number of rotatable bonds is 6. The summed E-state index contributed by atoms with van der Waals surface area (Å²) in [5.41, 5.74) is 1.35. The number of aromatic carboxylic acids is 1. The van der Waals surface area contributed by atoms with Crippen molar-refractivity contribution in [1.29, 1.82) is 0 Å². The van der Waals surface area contributed by atoms with E-state index in [1.807, 2.05) is 12.1 Å². The number of thiophene rings is 1. The van der Waals surface area contributed by atoms with E-state index >= 15 is 0 Å². The maximum Gasteiger partial charge on any atom is 0.345 e. The van der Waals surface area contributed by atoms with Gasteiger partial charge in [0, 0.05) is 23.4 Å². The molecule has 4 heteroatoms. The van der Waals surface area contributed by atoms with Crippen molar-refractivity contribution in [3.8, 4) is 0 Å². The third-order valence-corrected chi connectivity index (χ3v) is 4.37. The van der Waals surface area contributed by atoms with E-state index in [0.29, 0.717) is 11.4 Å². The summed E-state index contributed by atoms with van der Waals surface area (Å²) in [4.78, 5) is 12.3. The lowest BCUT2D eigenvalue weighted by Crippen LogP contribution is -2.32. The lowest BCUT2D eigenvalue weighted by Gasteiger charge is -2.25. The van der Waals surface area contributed by atoms with Crippen molar-refractivity contribution < 1.29 is 9.90 Å². The Kier molecular flexibility index (Phi) is 4.57. The van der Waals surface area contributed by atoms with Crippen LogP contribution in [0.15, 0.2) is 42.5 Å². The summed E-state index contributed by atoms with van der Waals surface area (Å²) < 4.78 is 0. The van der Waals surface area contributed by atoms with Gasteiger partial charge in [0.05, 0.1) is 0 Å². The number of carbonyl (C=O) groups is 1. The number of hydrogen-bond acceptors (Lipinski definition) is 3. The Balaban J connectivity index is 1.90. The first-order valence-corrected chi connectivity index (χ1v) is 7.39. The zero-order valence-corrected chi connectivity index (χ0v) is 12.5. The van der Waals surface area contributed by atoms with Crippen LogP contribution in [-0.4, -0.2) is 17.6 Å². The Morgan fingerprint density at radius 3 is 2.50 bits per heavy atom. The fourth-order valence-corrected chi connectivity index (χ4v) is 2.89. The van der Waals surface area contributed by atoms with Crippen LogP contribution in [0.5, 0.6) is 0 Å². The number of benzene rings is 1. The van der Waals surface area contributed by atoms with Crippen LogP contribution in [0.25, 0.3) is 0 Å². The van der Waals surface area contributed by atoms with Crippen LogP contribution in [0.3, 0.4) is 0 Å². The molecular formula is C16H19NO2S.